The number of likely N-dealkylation sites (N-methyl/N-ethyl adjacent to an activating group) is 1. The van der Waals surface area contributed by atoms with Gasteiger partial charge in [0.1, 0.15) is 0 Å². The van der Waals surface area contributed by atoms with Crippen molar-refractivity contribution in [1.29, 1.82) is 0 Å². The van der Waals surface area contributed by atoms with Crippen LogP contribution in [0.1, 0.15) is 12.5 Å². The summed E-state index contributed by atoms with van der Waals surface area (Å²) in [6.45, 7) is 2.57. The van der Waals surface area contributed by atoms with E-state index in [1.807, 2.05) is 11.8 Å². The minimum Gasteiger partial charge on any atom is -0.395 e. The first-order chi connectivity index (χ1) is 8.90. The van der Waals surface area contributed by atoms with Crippen molar-refractivity contribution < 1.29 is 13.5 Å². The first kappa shape index (κ1) is 16.1. The van der Waals surface area contributed by atoms with Crippen LogP contribution in [-0.2, 0) is 16.4 Å². The van der Waals surface area contributed by atoms with Crippen molar-refractivity contribution in [3.05, 3.63) is 29.8 Å². The summed E-state index contributed by atoms with van der Waals surface area (Å²) in [6.07, 6.45) is 0. The van der Waals surface area contributed by atoms with Gasteiger partial charge in [-0.3, -0.25) is 0 Å². The first-order valence-corrected chi connectivity index (χ1v) is 7.89. The number of nitrogens with two attached hydrogens (primary N) is 1. The van der Waals surface area contributed by atoms with Crippen LogP contribution in [0.3, 0.4) is 0 Å². The van der Waals surface area contributed by atoms with Crippen molar-refractivity contribution in [2.75, 3.05) is 26.0 Å². The molecule has 0 saturated heterocycles. The highest BCUT2D eigenvalue weighted by Crippen LogP contribution is 2.13. The molecule has 0 aromatic heterocycles. The molecule has 1 unspecified atom stereocenters. The van der Waals surface area contributed by atoms with Gasteiger partial charge >= 0.3 is 0 Å². The Balaban J connectivity index is 2.75. The van der Waals surface area contributed by atoms with Crippen LogP contribution in [0.5, 0.6) is 0 Å². The summed E-state index contributed by atoms with van der Waals surface area (Å²) >= 11 is 0. The fourth-order valence-electron chi connectivity index (χ4n) is 1.61. The van der Waals surface area contributed by atoms with Crippen molar-refractivity contribution in [3.8, 4) is 0 Å². The van der Waals surface area contributed by atoms with E-state index in [0.717, 1.165) is 5.56 Å². The molecule has 0 fully saturated rings. The van der Waals surface area contributed by atoms with Crippen molar-refractivity contribution in [3.63, 3.8) is 0 Å². The number of sulfone groups is 1. The predicted octanol–water partition coefficient (Wildman–Crippen LogP) is 0.232. The number of nitrogens with zero attached hydrogens (tertiary/aromatic N) is 1. The van der Waals surface area contributed by atoms with Gasteiger partial charge in [0.25, 0.3) is 0 Å². The van der Waals surface area contributed by atoms with Crippen LogP contribution >= 0.6 is 0 Å². The summed E-state index contributed by atoms with van der Waals surface area (Å²) < 4.78 is 24.4. The van der Waals surface area contributed by atoms with Crippen LogP contribution in [0.25, 0.3) is 0 Å². The number of rotatable bonds is 7. The Hall–Kier alpha value is -0.950. The summed E-state index contributed by atoms with van der Waals surface area (Å²) in [5.74, 6) is 0.0296. The van der Waals surface area contributed by atoms with E-state index in [1.54, 1.807) is 31.3 Å². The molecule has 0 aliphatic rings. The van der Waals surface area contributed by atoms with Gasteiger partial charge in [0, 0.05) is 19.1 Å². The molecule has 0 radical (unpaired) electrons. The zero-order chi connectivity index (χ0) is 14.5. The predicted molar refractivity (Wildman–Crippen MR) is 75.6 cm³/mol. The number of aliphatic hydroxyl groups is 1. The highest BCUT2D eigenvalue weighted by atomic mass is 32.2. The standard InChI is InChI=1S/C13H22N2O3S/c1-11(10-16)15(2)6-7-19(17,18)13-5-3-4-12(8-13)9-14/h3-5,8,11,16H,6-7,9-10,14H2,1-2H3. The van der Waals surface area contributed by atoms with Crippen LogP contribution < -0.4 is 5.73 Å². The lowest BCUT2D eigenvalue weighted by molar-refractivity contribution is 0.165. The number of benzene rings is 1. The fraction of sp³-hybridized carbons (Fsp3) is 0.538. The van der Waals surface area contributed by atoms with Gasteiger partial charge < -0.3 is 15.7 Å². The smallest absolute Gasteiger partial charge is 0.179 e. The van der Waals surface area contributed by atoms with Gasteiger partial charge in [0.2, 0.25) is 0 Å². The molecule has 3 N–H and O–H groups in total. The number of aliphatic hydroxyl groups excluding tert-OH is 1. The SMILES string of the molecule is CC(CO)N(C)CCS(=O)(=O)c1cccc(CN)c1. The number of hydrogen-bond acceptors (Lipinski definition) is 5. The van der Waals surface area contributed by atoms with E-state index in [-0.39, 0.29) is 18.4 Å². The third-order valence-electron chi connectivity index (χ3n) is 3.22. The Labute approximate surface area is 115 Å². The van der Waals surface area contributed by atoms with E-state index in [4.69, 9.17) is 10.8 Å². The van der Waals surface area contributed by atoms with E-state index in [9.17, 15) is 8.42 Å². The second-order valence-corrected chi connectivity index (χ2v) is 6.79. The maximum Gasteiger partial charge on any atom is 0.179 e. The molecule has 1 aromatic carbocycles. The van der Waals surface area contributed by atoms with Gasteiger partial charge in [-0.05, 0) is 31.7 Å². The molecule has 5 nitrogen and oxygen atoms in total. The minimum absolute atomic E-state index is 0.0131. The third kappa shape index (κ3) is 4.58. The van der Waals surface area contributed by atoms with Gasteiger partial charge in [-0.15, -0.1) is 0 Å². The second kappa shape index (κ2) is 7.00. The zero-order valence-corrected chi connectivity index (χ0v) is 12.2. The average molecular weight is 286 g/mol. The van der Waals surface area contributed by atoms with Gasteiger partial charge in [-0.1, -0.05) is 12.1 Å². The zero-order valence-electron chi connectivity index (χ0n) is 11.4. The van der Waals surface area contributed by atoms with Crippen molar-refractivity contribution in [1.82, 2.24) is 4.90 Å². The van der Waals surface area contributed by atoms with Gasteiger partial charge in [-0.2, -0.15) is 0 Å². The summed E-state index contributed by atoms with van der Waals surface area (Å²) in [7, 11) is -1.51. The minimum atomic E-state index is -3.31. The largest absolute Gasteiger partial charge is 0.395 e. The van der Waals surface area contributed by atoms with Crippen LogP contribution in [0.4, 0.5) is 0 Å². The maximum absolute atomic E-state index is 12.2. The highest BCUT2D eigenvalue weighted by Gasteiger charge is 2.17. The normalized spacial score (nSPS) is 13.7. The monoisotopic (exact) mass is 286 g/mol. The lowest BCUT2D eigenvalue weighted by atomic mass is 10.2. The lowest BCUT2D eigenvalue weighted by Gasteiger charge is -2.22. The topological polar surface area (TPSA) is 83.6 Å². The van der Waals surface area contributed by atoms with Gasteiger partial charge in [0.15, 0.2) is 9.84 Å². The van der Waals surface area contributed by atoms with E-state index < -0.39 is 9.84 Å². The van der Waals surface area contributed by atoms with Crippen LogP contribution in [0.2, 0.25) is 0 Å². The van der Waals surface area contributed by atoms with Crippen LogP contribution in [0.15, 0.2) is 29.2 Å². The summed E-state index contributed by atoms with van der Waals surface area (Å²) in [5, 5.41) is 9.01. The quantitative estimate of drug-likeness (QED) is 0.750. The molecule has 0 amide bonds. The highest BCUT2D eigenvalue weighted by molar-refractivity contribution is 7.91. The Kier molecular flexibility index (Phi) is 5.93. The van der Waals surface area contributed by atoms with Gasteiger partial charge in [-0.25, -0.2) is 8.42 Å². The molecule has 0 aliphatic heterocycles. The third-order valence-corrected chi connectivity index (χ3v) is 4.91. The van der Waals surface area contributed by atoms with E-state index in [0.29, 0.717) is 18.0 Å². The molecule has 6 heteroatoms. The Morgan fingerprint density at radius 1 is 1.42 bits per heavy atom. The molecule has 0 bridgehead atoms. The molecule has 108 valence electrons. The van der Waals surface area contributed by atoms with Crippen molar-refractivity contribution >= 4 is 9.84 Å². The second-order valence-electron chi connectivity index (χ2n) is 4.68. The van der Waals surface area contributed by atoms with Crippen molar-refractivity contribution in [2.45, 2.75) is 24.4 Å². The van der Waals surface area contributed by atoms with Crippen LogP contribution in [0, 0.1) is 0 Å². The molecule has 0 aliphatic carbocycles. The molecule has 0 saturated carbocycles. The molecular formula is C13H22N2O3S. The van der Waals surface area contributed by atoms with E-state index >= 15 is 0 Å². The maximum atomic E-state index is 12.2. The van der Waals surface area contributed by atoms with Crippen molar-refractivity contribution in [2.24, 2.45) is 5.73 Å². The summed E-state index contributed by atoms with van der Waals surface area (Å²) in [5.41, 5.74) is 6.31. The summed E-state index contributed by atoms with van der Waals surface area (Å²) in [4.78, 5) is 2.13. The molecular weight excluding hydrogens is 264 g/mol. The van der Waals surface area contributed by atoms with E-state index in [1.165, 1.54) is 0 Å². The first-order valence-electron chi connectivity index (χ1n) is 6.23. The lowest BCUT2D eigenvalue weighted by Crippen LogP contribution is -2.35. The molecule has 0 heterocycles. The molecule has 1 atom stereocenters. The Morgan fingerprint density at radius 3 is 2.68 bits per heavy atom. The Morgan fingerprint density at radius 2 is 2.11 bits per heavy atom. The Bertz CT molecular complexity index is 502. The van der Waals surface area contributed by atoms with E-state index in [2.05, 4.69) is 0 Å². The van der Waals surface area contributed by atoms with Gasteiger partial charge in [0.05, 0.1) is 17.3 Å². The molecule has 1 aromatic rings. The molecule has 1 rings (SSSR count). The average Bonchev–Trinajstić information content (AvgIpc) is 2.43. The molecule has 19 heavy (non-hydrogen) atoms. The van der Waals surface area contributed by atoms with Crippen LogP contribution in [-0.4, -0.2) is 50.4 Å². The summed E-state index contributed by atoms with van der Waals surface area (Å²) in [6, 6.07) is 6.66. The molecule has 0 spiro atoms. The fourth-order valence-corrected chi connectivity index (χ4v) is 2.99. The number of hydrogen-bond donors (Lipinski definition) is 2.